The number of benzene rings is 1. The van der Waals surface area contributed by atoms with Gasteiger partial charge in [0, 0.05) is 23.1 Å². The van der Waals surface area contributed by atoms with Gasteiger partial charge in [0.15, 0.2) is 5.16 Å². The third-order valence-electron chi connectivity index (χ3n) is 4.39. The summed E-state index contributed by atoms with van der Waals surface area (Å²) in [6.45, 7) is 8.37. The number of hydrogen-bond donors (Lipinski definition) is 1. The second kappa shape index (κ2) is 9.13. The number of nitrogens with zero attached hydrogens (tertiary/aromatic N) is 4. The van der Waals surface area contributed by atoms with Crippen molar-refractivity contribution < 1.29 is 4.79 Å². The minimum absolute atomic E-state index is 0.0915. The lowest BCUT2D eigenvalue weighted by atomic mass is 10.2. The molecule has 0 radical (unpaired) electrons. The lowest BCUT2D eigenvalue weighted by Crippen LogP contribution is -2.27. The van der Waals surface area contributed by atoms with Crippen LogP contribution in [0.2, 0.25) is 0 Å². The molecule has 154 valence electrons. The highest BCUT2D eigenvalue weighted by Crippen LogP contribution is 2.25. The second-order valence-electron chi connectivity index (χ2n) is 7.02. The van der Waals surface area contributed by atoms with Crippen LogP contribution in [-0.4, -0.2) is 30.5 Å². The molecule has 0 aliphatic rings. The predicted octanol–water partition coefficient (Wildman–Crippen LogP) is 4.47. The van der Waals surface area contributed by atoms with Crippen molar-refractivity contribution >= 4 is 50.3 Å². The van der Waals surface area contributed by atoms with Crippen molar-refractivity contribution in [3.63, 3.8) is 0 Å². The summed E-state index contributed by atoms with van der Waals surface area (Å²) in [5.74, 6) is 0.491. The van der Waals surface area contributed by atoms with E-state index in [-0.39, 0.29) is 17.5 Å². The summed E-state index contributed by atoms with van der Waals surface area (Å²) >= 11 is 4.70. The summed E-state index contributed by atoms with van der Waals surface area (Å²) in [5, 5.41) is 7.83. The van der Waals surface area contributed by atoms with Gasteiger partial charge in [0.1, 0.15) is 5.82 Å². The molecule has 0 bridgehead atoms. The van der Waals surface area contributed by atoms with E-state index in [4.69, 9.17) is 0 Å². The molecule has 3 aromatic rings. The minimum Gasteiger partial charge on any atom is -0.310 e. The van der Waals surface area contributed by atoms with Gasteiger partial charge in [-0.2, -0.15) is 5.10 Å². The van der Waals surface area contributed by atoms with Gasteiger partial charge in [-0.25, -0.2) is 9.67 Å². The van der Waals surface area contributed by atoms with Crippen LogP contribution in [0.4, 0.5) is 5.82 Å². The highest BCUT2D eigenvalue weighted by Gasteiger charge is 2.21. The third-order valence-corrected chi connectivity index (χ3v) is 5.97. The summed E-state index contributed by atoms with van der Waals surface area (Å²) in [6.07, 6.45) is 2.46. The second-order valence-corrected chi connectivity index (χ2v) is 9.24. The van der Waals surface area contributed by atoms with Crippen LogP contribution in [0.15, 0.2) is 44.9 Å². The van der Waals surface area contributed by atoms with Crippen molar-refractivity contribution in [1.29, 1.82) is 0 Å². The van der Waals surface area contributed by atoms with E-state index in [9.17, 15) is 9.59 Å². The Morgan fingerprint density at radius 3 is 2.72 bits per heavy atom. The summed E-state index contributed by atoms with van der Waals surface area (Å²) in [7, 11) is 0. The van der Waals surface area contributed by atoms with Gasteiger partial charge in [-0.05, 0) is 45.4 Å². The number of anilines is 1. The van der Waals surface area contributed by atoms with Gasteiger partial charge in [0.25, 0.3) is 5.56 Å². The molecule has 1 unspecified atom stereocenters. The summed E-state index contributed by atoms with van der Waals surface area (Å²) in [5.41, 5.74) is 0.532. The zero-order valence-corrected chi connectivity index (χ0v) is 19.2. The number of aromatic nitrogens is 4. The van der Waals surface area contributed by atoms with Crippen LogP contribution < -0.4 is 10.9 Å². The molecule has 29 heavy (non-hydrogen) atoms. The molecule has 0 saturated heterocycles. The number of rotatable bonds is 7. The van der Waals surface area contributed by atoms with E-state index < -0.39 is 5.25 Å². The number of thioether (sulfide) groups is 1. The molecule has 0 aliphatic carbocycles. The number of nitrogens with one attached hydrogen (secondary N) is 1. The average Bonchev–Trinajstić information content (AvgIpc) is 3.14. The topological polar surface area (TPSA) is 81.8 Å². The van der Waals surface area contributed by atoms with Crippen LogP contribution >= 0.6 is 27.7 Å². The number of fused-ring (bicyclic) bond motifs is 1. The molecular formula is C20H24BrN5O2S. The third kappa shape index (κ3) is 4.72. The van der Waals surface area contributed by atoms with Crippen LogP contribution in [0, 0.1) is 0 Å². The monoisotopic (exact) mass is 477 g/mol. The molecule has 1 atom stereocenters. The lowest BCUT2D eigenvalue weighted by molar-refractivity contribution is -0.115. The van der Waals surface area contributed by atoms with Crippen LogP contribution in [0.1, 0.15) is 40.2 Å². The van der Waals surface area contributed by atoms with E-state index in [1.165, 1.54) is 11.8 Å². The fraction of sp³-hybridized carbons (Fsp3) is 0.400. The molecule has 2 aromatic heterocycles. The molecule has 1 aromatic carbocycles. The fourth-order valence-corrected chi connectivity index (χ4v) is 4.24. The minimum atomic E-state index is -0.437. The van der Waals surface area contributed by atoms with Gasteiger partial charge >= 0.3 is 0 Å². The Morgan fingerprint density at radius 2 is 2.03 bits per heavy atom. The Labute approximate surface area is 182 Å². The highest BCUT2D eigenvalue weighted by molar-refractivity contribution is 9.10. The van der Waals surface area contributed by atoms with Crippen molar-refractivity contribution in [2.24, 2.45) is 0 Å². The molecular weight excluding hydrogens is 454 g/mol. The maximum atomic E-state index is 13.0. The molecule has 0 aliphatic heterocycles. The average molecular weight is 478 g/mol. The van der Waals surface area contributed by atoms with E-state index in [1.54, 1.807) is 27.6 Å². The first-order valence-corrected chi connectivity index (χ1v) is 11.2. The Hall–Kier alpha value is -2.13. The predicted molar refractivity (Wildman–Crippen MR) is 121 cm³/mol. The van der Waals surface area contributed by atoms with E-state index >= 15 is 0 Å². The van der Waals surface area contributed by atoms with Gasteiger partial charge in [0.2, 0.25) is 5.91 Å². The number of carbonyl (C=O) groups excluding carboxylic acids is 1. The first-order valence-electron chi connectivity index (χ1n) is 9.53. The van der Waals surface area contributed by atoms with E-state index in [1.807, 2.05) is 39.8 Å². The van der Waals surface area contributed by atoms with Gasteiger partial charge in [-0.1, -0.05) is 34.6 Å². The molecule has 1 N–H and O–H groups in total. The van der Waals surface area contributed by atoms with Gasteiger partial charge in [0.05, 0.1) is 22.3 Å². The molecule has 3 rings (SSSR count). The van der Waals surface area contributed by atoms with Crippen LogP contribution in [0.3, 0.4) is 0 Å². The number of amides is 1. The van der Waals surface area contributed by atoms with Crippen molar-refractivity contribution in [2.75, 3.05) is 5.32 Å². The fourth-order valence-electron chi connectivity index (χ4n) is 2.95. The van der Waals surface area contributed by atoms with E-state index in [0.717, 1.165) is 10.9 Å². The molecule has 0 fully saturated rings. The molecule has 0 saturated carbocycles. The summed E-state index contributed by atoms with van der Waals surface area (Å²) < 4.78 is 4.25. The standard InChI is InChI=1S/C20H24BrN5O2S/c1-5-10-25-19(28)15-11-14(21)6-7-16(15)23-20(25)29-13(4)18(27)24-17-8-9-22-26(17)12(2)3/h6-9,11-13H,5,10H2,1-4H3,(H,24,27). The number of hydrogen-bond acceptors (Lipinski definition) is 5. The maximum Gasteiger partial charge on any atom is 0.262 e. The quantitative estimate of drug-likeness (QED) is 0.401. The molecule has 7 nitrogen and oxygen atoms in total. The Bertz CT molecular complexity index is 1090. The zero-order chi connectivity index (χ0) is 21.1. The van der Waals surface area contributed by atoms with Crippen LogP contribution in [0.25, 0.3) is 10.9 Å². The number of carbonyl (C=O) groups is 1. The first kappa shape index (κ1) is 21.6. The first-order chi connectivity index (χ1) is 13.8. The van der Waals surface area contributed by atoms with Gasteiger partial charge < -0.3 is 5.32 Å². The Kier molecular flexibility index (Phi) is 6.79. The van der Waals surface area contributed by atoms with E-state index in [0.29, 0.717) is 28.4 Å². The van der Waals surface area contributed by atoms with Crippen molar-refractivity contribution in [2.45, 2.75) is 57.1 Å². The van der Waals surface area contributed by atoms with Crippen molar-refractivity contribution in [3.05, 3.63) is 45.3 Å². The SMILES string of the molecule is CCCn1c(SC(C)C(=O)Nc2ccnn2C(C)C)nc2ccc(Br)cc2c1=O. The molecule has 1 amide bonds. The normalized spacial score (nSPS) is 12.5. The largest absolute Gasteiger partial charge is 0.310 e. The van der Waals surface area contributed by atoms with Crippen LogP contribution in [0.5, 0.6) is 0 Å². The van der Waals surface area contributed by atoms with Crippen molar-refractivity contribution in [1.82, 2.24) is 19.3 Å². The highest BCUT2D eigenvalue weighted by atomic mass is 79.9. The summed E-state index contributed by atoms with van der Waals surface area (Å²) in [6, 6.07) is 7.37. The summed E-state index contributed by atoms with van der Waals surface area (Å²) in [4.78, 5) is 30.4. The lowest BCUT2D eigenvalue weighted by Gasteiger charge is -2.17. The Balaban J connectivity index is 1.89. The molecule has 9 heteroatoms. The Morgan fingerprint density at radius 1 is 1.28 bits per heavy atom. The zero-order valence-electron chi connectivity index (χ0n) is 16.8. The van der Waals surface area contributed by atoms with Gasteiger partial charge in [-0.3, -0.25) is 14.2 Å². The smallest absolute Gasteiger partial charge is 0.262 e. The number of halogens is 1. The van der Waals surface area contributed by atoms with Crippen molar-refractivity contribution in [3.8, 4) is 0 Å². The molecule has 0 spiro atoms. The maximum absolute atomic E-state index is 13.0. The molecule has 2 heterocycles. The van der Waals surface area contributed by atoms with E-state index in [2.05, 4.69) is 31.3 Å². The van der Waals surface area contributed by atoms with Gasteiger partial charge in [-0.15, -0.1) is 0 Å². The van der Waals surface area contributed by atoms with Crippen LogP contribution in [-0.2, 0) is 11.3 Å².